The summed E-state index contributed by atoms with van der Waals surface area (Å²) in [7, 11) is 5.26. The number of carboxylic acid groups (broad SMARTS) is 1. The molecule has 1 heterocycles. The summed E-state index contributed by atoms with van der Waals surface area (Å²) >= 11 is 0. The zero-order chi connectivity index (χ0) is 28.7. The summed E-state index contributed by atoms with van der Waals surface area (Å²) < 4.78 is 47.1. The van der Waals surface area contributed by atoms with E-state index >= 15 is 4.39 Å². The minimum atomic E-state index is -2.39. The molecule has 2 aromatic carbocycles. The number of aromatic carboxylic acids is 1. The lowest BCUT2D eigenvalue weighted by Crippen LogP contribution is -2.50. The molecule has 0 N–H and O–H groups in total. The average Bonchev–Trinajstić information content (AvgIpc) is 2.85. The van der Waals surface area contributed by atoms with Crippen LogP contribution in [-0.2, 0) is 9.59 Å². The van der Waals surface area contributed by atoms with E-state index in [-0.39, 0.29) is 11.7 Å². The molecule has 0 spiro atoms. The second kappa shape index (κ2) is 10.4. The summed E-state index contributed by atoms with van der Waals surface area (Å²) in [6.07, 6.45) is 5.94. The molecule has 1 aliphatic heterocycles. The number of carbonyl (C=O) groups is 1. The predicted octanol–water partition coefficient (Wildman–Crippen LogP) is 2.74. The highest BCUT2D eigenvalue weighted by Gasteiger charge is 2.42. The summed E-state index contributed by atoms with van der Waals surface area (Å²) in [5.74, 6) is -6.22. The highest BCUT2D eigenvalue weighted by Crippen LogP contribution is 2.44. The molecule has 0 fully saturated rings. The van der Waals surface area contributed by atoms with Gasteiger partial charge in [0.05, 0.1) is 5.97 Å². The third-order valence-corrected chi connectivity index (χ3v) is 10.4. The normalized spacial score (nSPS) is 15.0. The van der Waals surface area contributed by atoms with E-state index in [0.29, 0.717) is 11.1 Å². The quantitative estimate of drug-likeness (QED) is 0.340. The Bertz CT molecular complexity index is 1530. The number of rotatable bonds is 3. The second-order valence-electron chi connectivity index (χ2n) is 9.94. The lowest BCUT2D eigenvalue weighted by molar-refractivity contribution is -0.462. The first-order valence-corrected chi connectivity index (χ1v) is 14.6. The fraction of sp³-hybridized carbons (Fsp3) is 0.250. The lowest BCUT2D eigenvalue weighted by Gasteiger charge is -2.38. The van der Waals surface area contributed by atoms with Crippen molar-refractivity contribution in [2.75, 3.05) is 33.1 Å². The fourth-order valence-corrected chi connectivity index (χ4v) is 7.93. The van der Waals surface area contributed by atoms with Gasteiger partial charge in [-0.05, 0) is 52.2 Å². The van der Waals surface area contributed by atoms with Gasteiger partial charge in [0.25, 0.3) is 0 Å². The van der Waals surface area contributed by atoms with Gasteiger partial charge >= 0.3 is 6.15 Å². The van der Waals surface area contributed by atoms with E-state index in [4.69, 9.17) is 9.59 Å². The van der Waals surface area contributed by atoms with Crippen LogP contribution in [0.3, 0.4) is 0 Å². The molecule has 0 aromatic heterocycles. The van der Waals surface area contributed by atoms with Gasteiger partial charge < -0.3 is 14.8 Å². The van der Waals surface area contributed by atoms with Crippen LogP contribution in [0.15, 0.2) is 47.2 Å². The molecule has 2 aromatic rings. The van der Waals surface area contributed by atoms with Crippen LogP contribution in [0.4, 0.5) is 18.9 Å². The van der Waals surface area contributed by atoms with E-state index in [9.17, 15) is 18.7 Å². The van der Waals surface area contributed by atoms with Crippen molar-refractivity contribution in [3.8, 4) is 0 Å². The number of nitrogens with zero attached hydrogens (tertiary/aromatic N) is 2. The Morgan fingerprint density at radius 3 is 2.16 bits per heavy atom. The standard InChI is InChI=1S/C27H27F3N2O2Si.CO2/c1-14-24(28)22(23(27(33)34)26(30)25(14)29)21-17-10-8-15(31(2)3)12-19(17)35(6,7)20-13-16(32(4)5)9-11-18(20)21;2-1-3/h8-13H,1-7H3;. The van der Waals surface area contributed by atoms with Crippen LogP contribution >= 0.6 is 0 Å². The summed E-state index contributed by atoms with van der Waals surface area (Å²) in [5.41, 5.74) is 1.16. The third-order valence-electron chi connectivity index (χ3n) is 6.92. The van der Waals surface area contributed by atoms with Gasteiger partial charge in [-0.15, -0.1) is 0 Å². The Balaban J connectivity index is 0.00000127. The monoisotopic (exact) mass is 540 g/mol. The Morgan fingerprint density at radius 2 is 1.63 bits per heavy atom. The Morgan fingerprint density at radius 1 is 1.03 bits per heavy atom. The van der Waals surface area contributed by atoms with Gasteiger partial charge in [-0.25, -0.2) is 17.7 Å². The first kappa shape index (κ1) is 28.6. The SMILES string of the molecule is Cc1c(F)c(F)c(C(=O)[O-])c(C2=C3C=CC(=[N+](C)C)C=C3[Si](C)(C)c3cc(N(C)C)ccc32)c1F.O=C=O. The minimum absolute atomic E-state index is 0.233. The zero-order valence-electron chi connectivity index (χ0n) is 22.1. The fourth-order valence-electron chi connectivity index (χ4n) is 4.85. The van der Waals surface area contributed by atoms with Crippen LogP contribution in [0.5, 0.6) is 0 Å². The van der Waals surface area contributed by atoms with Crippen molar-refractivity contribution in [1.29, 1.82) is 0 Å². The van der Waals surface area contributed by atoms with Gasteiger partial charge in [-0.2, -0.15) is 9.59 Å². The van der Waals surface area contributed by atoms with Crippen molar-refractivity contribution in [3.05, 3.63) is 86.9 Å². The molecular weight excluding hydrogens is 513 g/mol. The molecule has 0 radical (unpaired) electrons. The van der Waals surface area contributed by atoms with Crippen LogP contribution in [0.2, 0.25) is 13.1 Å². The van der Waals surface area contributed by atoms with Gasteiger partial charge in [0.2, 0.25) is 0 Å². The van der Waals surface area contributed by atoms with Crippen LogP contribution in [0.1, 0.15) is 27.0 Å². The molecule has 38 heavy (non-hydrogen) atoms. The number of hydrogen-bond acceptors (Lipinski definition) is 5. The van der Waals surface area contributed by atoms with E-state index in [1.165, 1.54) is 0 Å². The van der Waals surface area contributed by atoms with Gasteiger partial charge in [0.1, 0.15) is 28.0 Å². The summed E-state index contributed by atoms with van der Waals surface area (Å²) in [6.45, 7) is 5.45. The van der Waals surface area contributed by atoms with Gasteiger partial charge in [-0.1, -0.05) is 19.2 Å². The number of fused-ring (bicyclic) bond motifs is 2. The summed E-state index contributed by atoms with van der Waals surface area (Å²) in [5, 5.41) is 13.9. The van der Waals surface area contributed by atoms with Crippen molar-refractivity contribution in [1.82, 2.24) is 0 Å². The van der Waals surface area contributed by atoms with Crippen LogP contribution in [0, 0.1) is 24.4 Å². The van der Waals surface area contributed by atoms with Crippen molar-refractivity contribution in [3.63, 3.8) is 0 Å². The topological polar surface area (TPSA) is 80.5 Å². The largest absolute Gasteiger partial charge is 0.545 e. The predicted molar refractivity (Wildman–Crippen MR) is 139 cm³/mol. The Labute approximate surface area is 219 Å². The lowest BCUT2D eigenvalue weighted by atomic mass is 9.85. The summed E-state index contributed by atoms with van der Waals surface area (Å²) in [6, 6.07) is 5.69. The number of benzene rings is 2. The summed E-state index contributed by atoms with van der Waals surface area (Å²) in [4.78, 5) is 30.2. The molecule has 198 valence electrons. The van der Waals surface area contributed by atoms with Crippen LogP contribution in [-0.4, -0.2) is 58.7 Å². The highest BCUT2D eigenvalue weighted by atomic mass is 28.3. The molecule has 1 aliphatic carbocycles. The number of anilines is 1. The molecule has 0 atom stereocenters. The minimum Gasteiger partial charge on any atom is -0.545 e. The first-order chi connectivity index (χ1) is 17.7. The van der Waals surface area contributed by atoms with Crippen molar-refractivity contribution < 1.29 is 37.2 Å². The van der Waals surface area contributed by atoms with Crippen molar-refractivity contribution >= 4 is 42.4 Å². The van der Waals surface area contributed by atoms with Gasteiger partial charge in [0.15, 0.2) is 17.3 Å². The van der Waals surface area contributed by atoms with Gasteiger partial charge in [0, 0.05) is 48.6 Å². The molecule has 10 heteroatoms. The molecule has 2 aliphatic rings. The molecule has 0 bridgehead atoms. The highest BCUT2D eigenvalue weighted by molar-refractivity contribution is 6.98. The van der Waals surface area contributed by atoms with E-state index in [1.54, 1.807) is 0 Å². The van der Waals surface area contributed by atoms with Crippen LogP contribution in [0.25, 0.3) is 5.57 Å². The van der Waals surface area contributed by atoms with E-state index < -0.39 is 48.2 Å². The number of carbonyl (C=O) groups excluding carboxylic acids is 3. The first-order valence-electron chi connectivity index (χ1n) is 11.6. The molecule has 4 rings (SSSR count). The third kappa shape index (κ3) is 4.57. The smallest absolute Gasteiger partial charge is 0.373 e. The van der Waals surface area contributed by atoms with E-state index in [0.717, 1.165) is 28.7 Å². The number of carboxylic acids is 1. The Kier molecular flexibility index (Phi) is 7.81. The molecule has 6 nitrogen and oxygen atoms in total. The molecule has 0 saturated heterocycles. The van der Waals surface area contributed by atoms with Crippen molar-refractivity contribution in [2.24, 2.45) is 0 Å². The maximum atomic E-state index is 15.7. The molecule has 0 saturated carbocycles. The second-order valence-corrected chi connectivity index (χ2v) is 14.3. The van der Waals surface area contributed by atoms with Crippen molar-refractivity contribution in [2.45, 2.75) is 20.0 Å². The number of allylic oxidation sites excluding steroid dienone is 5. The van der Waals surface area contributed by atoms with E-state index in [2.05, 4.69) is 13.1 Å². The molecule has 0 unspecified atom stereocenters. The number of hydrogen-bond donors (Lipinski definition) is 0. The average molecular weight is 541 g/mol. The maximum Gasteiger partial charge on any atom is 0.373 e. The van der Waals surface area contributed by atoms with E-state index in [1.807, 2.05) is 74.1 Å². The Hall–Kier alpha value is -4.01. The van der Waals surface area contributed by atoms with Gasteiger partial charge in [-0.3, -0.25) is 0 Å². The number of halogens is 3. The molecular formula is C28H27F3N2O4Si. The maximum absolute atomic E-state index is 15.7. The van der Waals surface area contributed by atoms with Crippen LogP contribution < -0.4 is 15.2 Å². The zero-order valence-corrected chi connectivity index (χ0v) is 23.1. The molecule has 0 amide bonds.